The third-order valence-electron chi connectivity index (χ3n) is 7.94. The molecule has 0 aliphatic rings. The Hall–Kier alpha value is -1.16. The zero-order valence-corrected chi connectivity index (χ0v) is 29.0. The lowest BCUT2D eigenvalue weighted by Gasteiger charge is -2.15. The van der Waals surface area contributed by atoms with Gasteiger partial charge < -0.3 is 14.6 Å². The topological polar surface area (TPSA) is 38.7 Å². The predicted molar refractivity (Wildman–Crippen MR) is 191 cm³/mol. The molecule has 0 rings (SSSR count). The van der Waals surface area contributed by atoms with E-state index in [1.807, 2.05) is 0 Å². The molecule has 0 saturated carbocycles. The average Bonchev–Trinajstić information content (AvgIpc) is 3.02. The molecule has 1 N–H and O–H groups in total. The van der Waals surface area contributed by atoms with Crippen molar-refractivity contribution < 1.29 is 14.6 Å². The first kappa shape index (κ1) is 41.8. The molecule has 0 bridgehead atoms. The lowest BCUT2D eigenvalue weighted by atomic mass is 10.1. The molecule has 0 fully saturated rings. The zero-order chi connectivity index (χ0) is 31.2. The number of hydrogen-bond donors (Lipinski definition) is 1. The summed E-state index contributed by atoms with van der Waals surface area (Å²) < 4.78 is 11.7. The monoisotopic (exact) mass is 603 g/mol. The van der Waals surface area contributed by atoms with Gasteiger partial charge in [0.05, 0.1) is 19.8 Å². The Morgan fingerprint density at radius 1 is 0.419 bits per heavy atom. The van der Waals surface area contributed by atoms with Gasteiger partial charge in [-0.2, -0.15) is 0 Å². The van der Waals surface area contributed by atoms with E-state index in [-0.39, 0.29) is 12.5 Å². The van der Waals surface area contributed by atoms with Crippen molar-refractivity contribution in [1.29, 1.82) is 0 Å². The van der Waals surface area contributed by atoms with Crippen LogP contribution >= 0.6 is 0 Å². The van der Waals surface area contributed by atoms with Crippen molar-refractivity contribution in [2.24, 2.45) is 5.92 Å². The Morgan fingerprint density at radius 2 is 0.744 bits per heavy atom. The van der Waals surface area contributed by atoms with Crippen LogP contribution < -0.4 is 0 Å². The Kier molecular flexibility index (Phi) is 37.8. The van der Waals surface area contributed by atoms with Crippen molar-refractivity contribution in [2.75, 3.05) is 33.0 Å². The largest absolute Gasteiger partial charge is 0.396 e. The summed E-state index contributed by atoms with van der Waals surface area (Å²) in [5.74, 6) is 0.106. The maximum Gasteiger partial charge on any atom is 0.0538 e. The predicted octanol–water partition coefficient (Wildman–Crippen LogP) is 12.3. The number of hydrogen-bond acceptors (Lipinski definition) is 3. The number of rotatable bonds is 35. The summed E-state index contributed by atoms with van der Waals surface area (Å²) in [7, 11) is 0. The van der Waals surface area contributed by atoms with E-state index < -0.39 is 0 Å². The summed E-state index contributed by atoms with van der Waals surface area (Å²) in [6.45, 7) is 7.49. The van der Waals surface area contributed by atoms with Crippen molar-refractivity contribution in [3.05, 3.63) is 48.6 Å². The van der Waals surface area contributed by atoms with Gasteiger partial charge in [-0.05, 0) is 77.0 Å². The first-order valence-corrected chi connectivity index (χ1v) is 18.7. The van der Waals surface area contributed by atoms with E-state index in [1.165, 1.54) is 128 Å². The zero-order valence-electron chi connectivity index (χ0n) is 29.0. The highest BCUT2D eigenvalue weighted by molar-refractivity contribution is 4.93. The summed E-state index contributed by atoms with van der Waals surface area (Å²) in [6, 6.07) is 0. The van der Waals surface area contributed by atoms with Crippen LogP contribution in [0.3, 0.4) is 0 Å². The molecular formula is C40H74O3. The third-order valence-corrected chi connectivity index (χ3v) is 7.94. The van der Waals surface area contributed by atoms with Crippen LogP contribution in [0.25, 0.3) is 0 Å². The Morgan fingerprint density at radius 3 is 1.09 bits per heavy atom. The van der Waals surface area contributed by atoms with Gasteiger partial charge >= 0.3 is 0 Å². The van der Waals surface area contributed by atoms with Gasteiger partial charge in [-0.25, -0.2) is 0 Å². The minimum atomic E-state index is 0.106. The number of allylic oxidation sites excluding steroid dienone is 8. The second kappa shape index (κ2) is 38.9. The molecule has 0 aromatic rings. The molecule has 252 valence electrons. The number of aliphatic hydroxyl groups is 1. The molecule has 3 heteroatoms. The quantitative estimate of drug-likeness (QED) is 0.0579. The molecule has 0 heterocycles. The molecule has 0 aliphatic heterocycles. The van der Waals surface area contributed by atoms with Crippen LogP contribution in [-0.2, 0) is 9.47 Å². The molecule has 0 unspecified atom stereocenters. The minimum absolute atomic E-state index is 0.106. The van der Waals surface area contributed by atoms with Gasteiger partial charge in [-0.15, -0.1) is 0 Å². The van der Waals surface area contributed by atoms with Crippen molar-refractivity contribution in [1.82, 2.24) is 0 Å². The van der Waals surface area contributed by atoms with Gasteiger partial charge in [0.2, 0.25) is 0 Å². The van der Waals surface area contributed by atoms with Crippen molar-refractivity contribution >= 4 is 0 Å². The van der Waals surface area contributed by atoms with Crippen LogP contribution in [0.4, 0.5) is 0 Å². The van der Waals surface area contributed by atoms with E-state index in [9.17, 15) is 5.11 Å². The van der Waals surface area contributed by atoms with E-state index in [0.717, 1.165) is 38.9 Å². The second-order valence-electron chi connectivity index (χ2n) is 12.4. The Balaban J connectivity index is 3.37. The molecule has 0 radical (unpaired) electrons. The van der Waals surface area contributed by atoms with Gasteiger partial charge in [-0.1, -0.05) is 140 Å². The van der Waals surface area contributed by atoms with Crippen LogP contribution in [0.2, 0.25) is 0 Å². The maximum atomic E-state index is 9.64. The van der Waals surface area contributed by atoms with Crippen molar-refractivity contribution in [3.63, 3.8) is 0 Å². The molecule has 0 aromatic heterocycles. The number of ether oxygens (including phenoxy) is 2. The SMILES string of the molecule is CCCCCC=CCC=CCCCCCCCCOCC(CO)COCCCCCCCCC=CCC=CCCCCC. The molecule has 0 aliphatic carbocycles. The lowest BCUT2D eigenvalue weighted by molar-refractivity contribution is 0.0142. The Labute approximate surface area is 269 Å². The van der Waals surface area contributed by atoms with E-state index in [1.54, 1.807) is 0 Å². The summed E-state index contributed by atoms with van der Waals surface area (Å²) >= 11 is 0. The van der Waals surface area contributed by atoms with E-state index >= 15 is 0 Å². The molecule has 0 amide bonds. The van der Waals surface area contributed by atoms with Gasteiger partial charge in [0, 0.05) is 19.1 Å². The first-order valence-electron chi connectivity index (χ1n) is 18.7. The minimum Gasteiger partial charge on any atom is -0.396 e. The number of aliphatic hydroxyl groups excluding tert-OH is 1. The summed E-state index contributed by atoms with van der Waals surface area (Å²) in [5.41, 5.74) is 0. The molecule has 0 saturated heterocycles. The lowest BCUT2D eigenvalue weighted by Crippen LogP contribution is -2.20. The fraction of sp³-hybridized carbons (Fsp3) is 0.800. The van der Waals surface area contributed by atoms with Crippen LogP contribution in [0, 0.1) is 5.92 Å². The first-order chi connectivity index (χ1) is 21.3. The third kappa shape index (κ3) is 36.9. The van der Waals surface area contributed by atoms with Crippen LogP contribution in [0.5, 0.6) is 0 Å². The summed E-state index contributed by atoms with van der Waals surface area (Å²) in [4.78, 5) is 0. The van der Waals surface area contributed by atoms with Gasteiger partial charge in [0.15, 0.2) is 0 Å². The van der Waals surface area contributed by atoms with Crippen LogP contribution in [-0.4, -0.2) is 38.1 Å². The van der Waals surface area contributed by atoms with Gasteiger partial charge in [0.25, 0.3) is 0 Å². The Bertz CT molecular complexity index is 569. The molecule has 0 spiro atoms. The summed E-state index contributed by atoms with van der Waals surface area (Å²) in [6.07, 6.45) is 48.9. The van der Waals surface area contributed by atoms with Crippen molar-refractivity contribution in [2.45, 2.75) is 168 Å². The summed E-state index contributed by atoms with van der Waals surface area (Å²) in [5, 5.41) is 9.64. The van der Waals surface area contributed by atoms with Gasteiger partial charge in [-0.3, -0.25) is 0 Å². The second-order valence-corrected chi connectivity index (χ2v) is 12.4. The number of unbranched alkanes of at least 4 members (excludes halogenated alkanes) is 18. The smallest absolute Gasteiger partial charge is 0.0538 e. The van der Waals surface area contributed by atoms with Gasteiger partial charge in [0.1, 0.15) is 0 Å². The standard InChI is InChI=1S/C40H74O3/c1-3-5-7-9-11-13-15-17-19-21-23-25-27-29-31-33-35-42-38-40(37-41)39-43-36-34-32-30-28-26-24-22-20-18-16-14-12-10-8-6-4-2/h11-14,17-20,40-41H,3-10,15-16,21-39H2,1-2H3. The van der Waals surface area contributed by atoms with E-state index in [0.29, 0.717) is 13.2 Å². The molecule has 3 nitrogen and oxygen atoms in total. The highest BCUT2D eigenvalue weighted by Crippen LogP contribution is 2.10. The molecule has 0 aromatic carbocycles. The van der Waals surface area contributed by atoms with Crippen molar-refractivity contribution in [3.8, 4) is 0 Å². The fourth-order valence-corrected chi connectivity index (χ4v) is 5.04. The average molecular weight is 603 g/mol. The molecule has 0 atom stereocenters. The van der Waals surface area contributed by atoms with E-state index in [2.05, 4.69) is 62.5 Å². The fourth-order valence-electron chi connectivity index (χ4n) is 5.04. The molecular weight excluding hydrogens is 528 g/mol. The van der Waals surface area contributed by atoms with Crippen LogP contribution in [0.15, 0.2) is 48.6 Å². The maximum absolute atomic E-state index is 9.64. The van der Waals surface area contributed by atoms with Crippen LogP contribution in [0.1, 0.15) is 168 Å². The highest BCUT2D eigenvalue weighted by Gasteiger charge is 2.08. The highest BCUT2D eigenvalue weighted by atomic mass is 16.5. The molecule has 43 heavy (non-hydrogen) atoms. The normalized spacial score (nSPS) is 13.1. The van der Waals surface area contributed by atoms with E-state index in [4.69, 9.17) is 9.47 Å².